The predicted octanol–water partition coefficient (Wildman–Crippen LogP) is 7.67. The van der Waals surface area contributed by atoms with Crippen LogP contribution in [0.15, 0.2) is 108 Å². The molecule has 1 heterocycles. The first-order valence-corrected chi connectivity index (χ1v) is 14.3. The minimum Gasteiger partial charge on any atom is -0.497 e. The van der Waals surface area contributed by atoms with E-state index in [0.717, 1.165) is 71.8 Å². The molecule has 0 bridgehead atoms. The molecule has 4 aromatic carbocycles. The van der Waals surface area contributed by atoms with E-state index in [9.17, 15) is 5.11 Å². The molecule has 220 valence electrons. The molecule has 0 amide bonds. The summed E-state index contributed by atoms with van der Waals surface area (Å²) in [5.41, 5.74) is 5.73. The van der Waals surface area contributed by atoms with Crippen LogP contribution < -0.4 is 9.47 Å². The number of methoxy groups -OCH3 is 2. The van der Waals surface area contributed by atoms with Crippen LogP contribution in [0.3, 0.4) is 0 Å². The van der Waals surface area contributed by atoms with Gasteiger partial charge in [0, 0.05) is 49.1 Å². The van der Waals surface area contributed by atoms with E-state index >= 15 is 0 Å². The predicted molar refractivity (Wildman–Crippen MR) is 172 cm³/mol. The molecule has 0 aliphatic carbocycles. The van der Waals surface area contributed by atoms with Gasteiger partial charge >= 0.3 is 0 Å². The van der Waals surface area contributed by atoms with E-state index in [2.05, 4.69) is 89.8 Å². The highest BCUT2D eigenvalue weighted by atomic mass is 35.5. The van der Waals surface area contributed by atoms with Crippen LogP contribution in [-0.4, -0.2) is 43.9 Å². The van der Waals surface area contributed by atoms with Crippen molar-refractivity contribution in [3.8, 4) is 11.5 Å². The average Bonchev–Trinajstić information content (AvgIpc) is 3.43. The maximum absolute atomic E-state index is 9.29. The maximum Gasteiger partial charge on any atom is 0.134 e. The molecule has 0 atom stereocenters. The first kappa shape index (κ1) is 31.2. The van der Waals surface area contributed by atoms with Crippen LogP contribution in [0.1, 0.15) is 40.4 Å². The van der Waals surface area contributed by atoms with Crippen LogP contribution in [0.5, 0.6) is 11.5 Å². The van der Waals surface area contributed by atoms with Gasteiger partial charge in [-0.05, 0) is 54.3 Å². The summed E-state index contributed by atoms with van der Waals surface area (Å²) in [7, 11) is 3.39. The van der Waals surface area contributed by atoms with E-state index in [0.29, 0.717) is 6.42 Å². The lowest BCUT2D eigenvalue weighted by molar-refractivity contribution is 0.248. The quantitative estimate of drug-likeness (QED) is 0.145. The highest BCUT2D eigenvalue weighted by Crippen LogP contribution is 2.30. The lowest BCUT2D eigenvalue weighted by Gasteiger charge is -2.29. The molecule has 5 aromatic rings. The molecule has 0 aliphatic rings. The van der Waals surface area contributed by atoms with Crippen LogP contribution in [0.4, 0.5) is 0 Å². The topological polar surface area (TPSA) is 55.1 Å². The van der Waals surface area contributed by atoms with Crippen molar-refractivity contribution in [3.63, 3.8) is 0 Å². The lowest BCUT2D eigenvalue weighted by atomic mass is 9.90. The van der Waals surface area contributed by atoms with Gasteiger partial charge in [0.25, 0.3) is 0 Å². The largest absolute Gasteiger partial charge is 0.497 e. The van der Waals surface area contributed by atoms with Crippen molar-refractivity contribution in [1.82, 2.24) is 4.90 Å². The molecule has 6 heteroatoms. The van der Waals surface area contributed by atoms with Crippen molar-refractivity contribution in [2.24, 2.45) is 0 Å². The SMILES string of the molecule is COc1ccc(CN(CCCc2cc3ccc(CCO)cc3o2)CC(c2ccccc2)c2ccccc2)c(OC)c1.Cl. The number of nitrogens with zero attached hydrogens (tertiary/aromatic N) is 1. The minimum atomic E-state index is 0. The second-order valence-electron chi connectivity index (χ2n) is 10.4. The van der Waals surface area contributed by atoms with Crippen LogP contribution >= 0.6 is 12.4 Å². The third-order valence-electron chi connectivity index (χ3n) is 7.67. The Bertz CT molecular complexity index is 1480. The molecule has 0 aliphatic heterocycles. The summed E-state index contributed by atoms with van der Waals surface area (Å²) in [5.74, 6) is 2.85. The summed E-state index contributed by atoms with van der Waals surface area (Å²) < 4.78 is 17.4. The van der Waals surface area contributed by atoms with Crippen LogP contribution in [0.25, 0.3) is 11.0 Å². The van der Waals surface area contributed by atoms with Gasteiger partial charge in [-0.15, -0.1) is 12.4 Å². The molecule has 0 saturated carbocycles. The van der Waals surface area contributed by atoms with Crippen molar-refractivity contribution >= 4 is 23.4 Å². The summed E-state index contributed by atoms with van der Waals surface area (Å²) >= 11 is 0. The van der Waals surface area contributed by atoms with Crippen LogP contribution in [-0.2, 0) is 19.4 Å². The Labute approximate surface area is 255 Å². The van der Waals surface area contributed by atoms with Crippen molar-refractivity contribution < 1.29 is 19.0 Å². The van der Waals surface area contributed by atoms with Gasteiger partial charge in [-0.1, -0.05) is 78.9 Å². The molecule has 5 nitrogen and oxygen atoms in total. The summed E-state index contributed by atoms with van der Waals surface area (Å²) in [6.45, 7) is 2.67. The molecule has 0 unspecified atom stereocenters. The Hall–Kier alpha value is -3.77. The fourth-order valence-corrected chi connectivity index (χ4v) is 5.51. The van der Waals surface area contributed by atoms with E-state index in [4.69, 9.17) is 13.9 Å². The van der Waals surface area contributed by atoms with Gasteiger partial charge in [0.2, 0.25) is 0 Å². The summed E-state index contributed by atoms with van der Waals surface area (Å²) in [6.07, 6.45) is 2.44. The number of hydrogen-bond donors (Lipinski definition) is 1. The number of furan rings is 1. The van der Waals surface area contributed by atoms with Gasteiger partial charge < -0.3 is 19.0 Å². The third kappa shape index (κ3) is 7.95. The third-order valence-corrected chi connectivity index (χ3v) is 7.67. The average molecular weight is 586 g/mol. The highest BCUT2D eigenvalue weighted by Gasteiger charge is 2.20. The van der Waals surface area contributed by atoms with Crippen molar-refractivity contribution in [2.45, 2.75) is 31.7 Å². The number of ether oxygens (including phenoxy) is 2. The van der Waals surface area contributed by atoms with E-state index < -0.39 is 0 Å². The number of benzene rings is 4. The van der Waals surface area contributed by atoms with Gasteiger partial charge in [-0.25, -0.2) is 0 Å². The lowest BCUT2D eigenvalue weighted by Crippen LogP contribution is -2.30. The zero-order valence-corrected chi connectivity index (χ0v) is 25.2. The first-order chi connectivity index (χ1) is 20.2. The van der Waals surface area contributed by atoms with Gasteiger partial charge in [0.15, 0.2) is 0 Å². The smallest absolute Gasteiger partial charge is 0.134 e. The van der Waals surface area contributed by atoms with Gasteiger partial charge in [-0.3, -0.25) is 4.90 Å². The van der Waals surface area contributed by atoms with E-state index in [1.54, 1.807) is 14.2 Å². The molecule has 42 heavy (non-hydrogen) atoms. The molecular formula is C36H40ClNO4. The van der Waals surface area contributed by atoms with Gasteiger partial charge in [-0.2, -0.15) is 0 Å². The van der Waals surface area contributed by atoms with E-state index in [1.165, 1.54) is 11.1 Å². The number of fused-ring (bicyclic) bond motifs is 1. The molecule has 1 N–H and O–H groups in total. The van der Waals surface area contributed by atoms with Gasteiger partial charge in [0.1, 0.15) is 22.8 Å². The number of aliphatic hydroxyl groups is 1. The second-order valence-corrected chi connectivity index (χ2v) is 10.4. The number of hydrogen-bond acceptors (Lipinski definition) is 5. The summed E-state index contributed by atoms with van der Waals surface area (Å²) in [6, 6.07) is 35.9. The zero-order valence-electron chi connectivity index (χ0n) is 24.4. The van der Waals surface area contributed by atoms with E-state index in [1.807, 2.05) is 18.2 Å². The Balaban J connectivity index is 0.00000405. The number of aliphatic hydroxyl groups excluding tert-OH is 1. The fourth-order valence-electron chi connectivity index (χ4n) is 5.51. The zero-order chi connectivity index (χ0) is 28.4. The van der Waals surface area contributed by atoms with Crippen molar-refractivity contribution in [3.05, 3.63) is 131 Å². The minimum absolute atomic E-state index is 0. The standard InChI is InChI=1S/C36H39NO4.ClH/c1-39-32-18-17-31(35(24-32)40-2)25-37(26-34(28-10-5-3-6-11-28)29-12-7-4-8-13-29)20-9-14-33-23-30-16-15-27(19-21-38)22-36(30)41-33;/h3-8,10-13,15-18,22-24,34,38H,9,14,19-21,25-26H2,1-2H3;1H. The molecule has 0 radical (unpaired) electrons. The molecule has 0 fully saturated rings. The first-order valence-electron chi connectivity index (χ1n) is 14.3. The fraction of sp³-hybridized carbons (Fsp3) is 0.278. The number of halogens is 1. The normalized spacial score (nSPS) is 11.2. The Morgan fingerprint density at radius 2 is 1.50 bits per heavy atom. The Morgan fingerprint density at radius 1 is 0.786 bits per heavy atom. The summed E-state index contributed by atoms with van der Waals surface area (Å²) in [5, 5.41) is 10.4. The van der Waals surface area contributed by atoms with Crippen LogP contribution in [0, 0.1) is 0 Å². The van der Waals surface area contributed by atoms with Gasteiger partial charge in [0.05, 0.1) is 14.2 Å². The number of rotatable bonds is 14. The Kier molecular flexibility index (Phi) is 11.5. The van der Waals surface area contributed by atoms with Crippen LogP contribution in [0.2, 0.25) is 0 Å². The molecular weight excluding hydrogens is 546 g/mol. The molecule has 5 rings (SSSR count). The Morgan fingerprint density at radius 3 is 2.14 bits per heavy atom. The monoisotopic (exact) mass is 585 g/mol. The second kappa shape index (κ2) is 15.5. The van der Waals surface area contributed by atoms with Crippen molar-refractivity contribution in [2.75, 3.05) is 33.9 Å². The molecule has 0 spiro atoms. The number of aryl methyl sites for hydroxylation is 1. The molecule has 1 aromatic heterocycles. The van der Waals surface area contributed by atoms with Crippen molar-refractivity contribution in [1.29, 1.82) is 0 Å². The highest BCUT2D eigenvalue weighted by molar-refractivity contribution is 5.85. The summed E-state index contributed by atoms with van der Waals surface area (Å²) in [4.78, 5) is 2.52. The molecule has 0 saturated heterocycles. The van der Waals surface area contributed by atoms with E-state index in [-0.39, 0.29) is 24.9 Å². The maximum atomic E-state index is 9.29.